The van der Waals surface area contributed by atoms with Gasteiger partial charge in [-0.2, -0.15) is 0 Å². The van der Waals surface area contributed by atoms with Crippen molar-refractivity contribution in [3.05, 3.63) is 59.4 Å². The molecular weight excluding hydrogens is 460 g/mol. The summed E-state index contributed by atoms with van der Waals surface area (Å²) in [5.41, 5.74) is 3.87. The molecule has 0 fully saturated rings. The monoisotopic (exact) mass is 498 g/mol. The van der Waals surface area contributed by atoms with Crippen LogP contribution in [0.25, 0.3) is 11.0 Å². The number of rotatable bonds is 10. The highest BCUT2D eigenvalue weighted by Gasteiger charge is 2.21. The number of amides is 1. The third kappa shape index (κ3) is 5.93. The molecule has 35 heavy (non-hydrogen) atoms. The number of aryl methyl sites for hydroxylation is 2. The molecule has 0 aliphatic rings. The normalized spacial score (nSPS) is 13.2. The molecule has 1 atom stereocenters. The van der Waals surface area contributed by atoms with Crippen molar-refractivity contribution >= 4 is 27.0 Å². The topological polar surface area (TPSA) is 84.3 Å². The Hall–Kier alpha value is -2.71. The van der Waals surface area contributed by atoms with Gasteiger partial charge in [0.25, 0.3) is 0 Å². The first-order valence-electron chi connectivity index (χ1n) is 12.3. The van der Waals surface area contributed by atoms with Crippen molar-refractivity contribution in [3.63, 3.8) is 0 Å². The second-order valence-corrected chi connectivity index (χ2v) is 12.0. The maximum atomic E-state index is 12.9. The Labute approximate surface area is 209 Å². The minimum Gasteiger partial charge on any atom is -0.349 e. The number of hydrogen-bond donors (Lipinski definition) is 1. The van der Waals surface area contributed by atoms with Crippen molar-refractivity contribution < 1.29 is 13.2 Å². The summed E-state index contributed by atoms with van der Waals surface area (Å²) in [5, 5.41) is 3.20. The van der Waals surface area contributed by atoms with E-state index in [2.05, 4.69) is 62.3 Å². The van der Waals surface area contributed by atoms with Crippen molar-refractivity contribution in [3.8, 4) is 0 Å². The number of fused-ring (bicyclic) bond motifs is 1. The van der Waals surface area contributed by atoms with Crippen LogP contribution >= 0.6 is 0 Å². The van der Waals surface area contributed by atoms with E-state index in [0.717, 1.165) is 16.9 Å². The maximum Gasteiger partial charge on any atom is 0.242 e. The Balaban J connectivity index is 1.76. The molecule has 3 aromatic rings. The average molecular weight is 499 g/mol. The number of carbonyl (C=O) groups is 1. The van der Waals surface area contributed by atoms with Crippen molar-refractivity contribution in [2.75, 3.05) is 14.1 Å². The van der Waals surface area contributed by atoms with E-state index in [0.29, 0.717) is 30.8 Å². The summed E-state index contributed by atoms with van der Waals surface area (Å²) in [6.07, 6.45) is 0.778. The SMILES string of the molecule is CCn1c(CCC(=O)NC(c2ccc(C(C)C)cc2)C(C)C)nc2cc(S(=O)(=O)N(C)C)ccc21. The molecule has 3 rings (SSSR count). The summed E-state index contributed by atoms with van der Waals surface area (Å²) in [7, 11) is -0.518. The molecule has 7 nitrogen and oxygen atoms in total. The van der Waals surface area contributed by atoms with E-state index in [1.54, 1.807) is 18.2 Å². The van der Waals surface area contributed by atoms with Crippen LogP contribution in [0.2, 0.25) is 0 Å². The minimum absolute atomic E-state index is 0.0257. The molecule has 0 saturated carbocycles. The lowest BCUT2D eigenvalue weighted by molar-refractivity contribution is -0.122. The zero-order valence-corrected chi connectivity index (χ0v) is 22.7. The highest BCUT2D eigenvalue weighted by atomic mass is 32.2. The number of benzene rings is 2. The number of carbonyl (C=O) groups excluding carboxylic acids is 1. The molecule has 2 aromatic carbocycles. The second kappa shape index (κ2) is 10.9. The average Bonchev–Trinajstić information content (AvgIpc) is 3.17. The van der Waals surface area contributed by atoms with E-state index in [1.165, 1.54) is 24.0 Å². The molecule has 1 aromatic heterocycles. The van der Waals surface area contributed by atoms with Gasteiger partial charge in [-0.3, -0.25) is 4.79 Å². The fourth-order valence-electron chi connectivity index (χ4n) is 4.27. The predicted octanol–water partition coefficient (Wildman–Crippen LogP) is 4.88. The van der Waals surface area contributed by atoms with Gasteiger partial charge in [-0.15, -0.1) is 0 Å². The van der Waals surface area contributed by atoms with Crippen LogP contribution in [0.1, 0.15) is 70.0 Å². The van der Waals surface area contributed by atoms with Crippen LogP contribution in [0.4, 0.5) is 0 Å². The van der Waals surface area contributed by atoms with Crippen molar-refractivity contribution in [2.24, 2.45) is 5.92 Å². The fourth-order valence-corrected chi connectivity index (χ4v) is 5.19. The van der Waals surface area contributed by atoms with Crippen LogP contribution in [0.15, 0.2) is 47.4 Å². The number of imidazole rings is 1. The van der Waals surface area contributed by atoms with Gasteiger partial charge in [0.2, 0.25) is 15.9 Å². The number of aromatic nitrogens is 2. The van der Waals surface area contributed by atoms with Gasteiger partial charge in [-0.25, -0.2) is 17.7 Å². The molecular formula is C27H38N4O3S. The van der Waals surface area contributed by atoms with Gasteiger partial charge in [0.1, 0.15) is 5.82 Å². The van der Waals surface area contributed by atoms with E-state index < -0.39 is 10.0 Å². The summed E-state index contributed by atoms with van der Waals surface area (Å²) in [4.78, 5) is 17.8. The molecule has 1 N–H and O–H groups in total. The lowest BCUT2D eigenvalue weighted by Crippen LogP contribution is -2.32. The van der Waals surface area contributed by atoms with E-state index in [9.17, 15) is 13.2 Å². The van der Waals surface area contributed by atoms with Gasteiger partial charge in [-0.1, -0.05) is 52.0 Å². The number of nitrogens with one attached hydrogen (secondary N) is 1. The van der Waals surface area contributed by atoms with Gasteiger partial charge in [0.05, 0.1) is 22.0 Å². The highest BCUT2D eigenvalue weighted by Crippen LogP contribution is 2.25. The molecule has 0 aliphatic heterocycles. The Bertz CT molecular complexity index is 1280. The second-order valence-electron chi connectivity index (χ2n) is 9.82. The molecule has 1 heterocycles. The molecule has 190 valence electrons. The van der Waals surface area contributed by atoms with Crippen molar-refractivity contribution in [1.82, 2.24) is 19.2 Å². The van der Waals surface area contributed by atoms with Crippen LogP contribution in [-0.4, -0.2) is 42.3 Å². The molecule has 0 aliphatic carbocycles. The van der Waals surface area contributed by atoms with Crippen LogP contribution in [0.5, 0.6) is 0 Å². The maximum absolute atomic E-state index is 12.9. The highest BCUT2D eigenvalue weighted by molar-refractivity contribution is 7.89. The van der Waals surface area contributed by atoms with Gasteiger partial charge in [-0.05, 0) is 48.1 Å². The van der Waals surface area contributed by atoms with Crippen LogP contribution in [0.3, 0.4) is 0 Å². The summed E-state index contributed by atoms with van der Waals surface area (Å²) in [6.45, 7) is 11.3. The lowest BCUT2D eigenvalue weighted by atomic mass is 9.93. The van der Waals surface area contributed by atoms with Crippen LogP contribution in [-0.2, 0) is 27.8 Å². The fraction of sp³-hybridized carbons (Fsp3) is 0.481. The largest absolute Gasteiger partial charge is 0.349 e. The van der Waals surface area contributed by atoms with Gasteiger partial charge in [0.15, 0.2) is 0 Å². The van der Waals surface area contributed by atoms with Crippen LogP contribution < -0.4 is 5.32 Å². The van der Waals surface area contributed by atoms with E-state index in [-0.39, 0.29) is 22.8 Å². The summed E-state index contributed by atoms with van der Waals surface area (Å²) in [5.74, 6) is 1.47. The van der Waals surface area contributed by atoms with E-state index >= 15 is 0 Å². The minimum atomic E-state index is -3.54. The van der Waals surface area contributed by atoms with Gasteiger partial charge >= 0.3 is 0 Å². The Kier molecular flexibility index (Phi) is 8.38. The number of hydrogen-bond acceptors (Lipinski definition) is 4. The smallest absolute Gasteiger partial charge is 0.242 e. The van der Waals surface area contributed by atoms with Crippen LogP contribution in [0, 0.1) is 5.92 Å². The number of sulfonamides is 1. The molecule has 0 saturated heterocycles. The summed E-state index contributed by atoms with van der Waals surface area (Å²) >= 11 is 0. The standard InChI is InChI=1S/C27H38N4O3S/c1-8-31-24-14-13-22(35(33,34)30(6)7)17-23(24)28-25(31)15-16-26(32)29-27(19(4)5)21-11-9-20(10-12-21)18(2)3/h9-14,17-19,27H,8,15-16H2,1-7H3,(H,29,32). The first-order valence-corrected chi connectivity index (χ1v) is 13.7. The Morgan fingerprint density at radius 1 is 1.03 bits per heavy atom. The predicted molar refractivity (Wildman–Crippen MR) is 141 cm³/mol. The molecule has 1 unspecified atom stereocenters. The third-order valence-corrected chi connectivity index (χ3v) is 8.23. The number of nitrogens with zero attached hydrogens (tertiary/aromatic N) is 3. The zero-order chi connectivity index (χ0) is 25.9. The molecule has 8 heteroatoms. The quantitative estimate of drug-likeness (QED) is 0.432. The Morgan fingerprint density at radius 3 is 2.20 bits per heavy atom. The first-order chi connectivity index (χ1) is 16.4. The molecule has 0 radical (unpaired) electrons. The zero-order valence-electron chi connectivity index (χ0n) is 21.9. The summed E-state index contributed by atoms with van der Waals surface area (Å²) < 4.78 is 28.3. The van der Waals surface area contributed by atoms with Crippen molar-refractivity contribution in [1.29, 1.82) is 0 Å². The molecule has 0 spiro atoms. The molecule has 1 amide bonds. The lowest BCUT2D eigenvalue weighted by Gasteiger charge is -2.23. The van der Waals surface area contributed by atoms with Gasteiger partial charge in [0, 0.05) is 33.5 Å². The van der Waals surface area contributed by atoms with Crippen molar-refractivity contribution in [2.45, 2.75) is 70.9 Å². The Morgan fingerprint density at radius 2 is 1.66 bits per heavy atom. The van der Waals surface area contributed by atoms with Gasteiger partial charge < -0.3 is 9.88 Å². The molecule has 0 bridgehead atoms. The summed E-state index contributed by atoms with van der Waals surface area (Å²) in [6, 6.07) is 13.4. The third-order valence-electron chi connectivity index (χ3n) is 6.41. The van der Waals surface area contributed by atoms with E-state index in [4.69, 9.17) is 0 Å². The van der Waals surface area contributed by atoms with E-state index in [1.807, 2.05) is 11.5 Å². The first kappa shape index (κ1) is 26.9.